The molecular formula is C51H60N12O8. The van der Waals surface area contributed by atoms with Gasteiger partial charge in [0.25, 0.3) is 29.5 Å². The van der Waals surface area contributed by atoms with E-state index in [0.29, 0.717) is 84.3 Å². The molecular weight excluding hydrogens is 909 g/mol. The molecule has 0 unspecified atom stereocenters. The Kier molecular flexibility index (Phi) is 14.3. The maximum atomic E-state index is 13.9. The van der Waals surface area contributed by atoms with Crippen LogP contribution in [0.25, 0.3) is 0 Å². The van der Waals surface area contributed by atoms with Crippen molar-refractivity contribution >= 4 is 70.2 Å². The standard InChI is InChI=1S/C51H60N12O8/c1-30-19-35-25-53-37-24-42(41(70-8)23-36(37)49(68)63(35)26-30)71-18-9-11-44(64)57-43-29-61(7)45(58-43)48(67)56-33-21-39(59(5)27-33)47(66)55-34-22-40(60(6)28-34)50(69)62-17-14-31-20-32(12-13-38(31)62)46(65)52-15-10-16-54-51(2,3)4/h12-13,20-25,27-29,35,54H,1,9-11,14-19,26H2,2-8H3,(H,52,65)(H,55,66)(H,56,67)(H,57,64)/t35-/m0/s1. The zero-order valence-electron chi connectivity index (χ0n) is 41.1. The fourth-order valence-electron chi connectivity index (χ4n) is 8.80. The van der Waals surface area contributed by atoms with Gasteiger partial charge in [-0.3, -0.25) is 33.8 Å². The molecule has 0 aliphatic carbocycles. The Hall–Kier alpha value is -8.00. The van der Waals surface area contributed by atoms with Gasteiger partial charge < -0.3 is 59.6 Å². The second-order valence-electron chi connectivity index (χ2n) is 19.0. The van der Waals surface area contributed by atoms with Crippen molar-refractivity contribution < 1.29 is 38.2 Å². The Bertz CT molecular complexity index is 2970. The number of ether oxygens (including phenoxy) is 2. The van der Waals surface area contributed by atoms with E-state index in [2.05, 4.69) is 63.9 Å². The van der Waals surface area contributed by atoms with Gasteiger partial charge >= 0.3 is 0 Å². The van der Waals surface area contributed by atoms with E-state index in [0.717, 1.165) is 29.8 Å². The van der Waals surface area contributed by atoms with E-state index in [1.165, 1.54) is 23.9 Å². The summed E-state index contributed by atoms with van der Waals surface area (Å²) in [5.74, 6) is -0.967. The van der Waals surface area contributed by atoms with Crippen molar-refractivity contribution in [3.8, 4) is 11.5 Å². The van der Waals surface area contributed by atoms with Crippen LogP contribution in [-0.2, 0) is 32.4 Å². The molecule has 0 bridgehead atoms. The average molecular weight is 969 g/mol. The third kappa shape index (κ3) is 11.2. The maximum absolute atomic E-state index is 13.9. The number of methoxy groups -OCH3 is 1. The van der Waals surface area contributed by atoms with Crippen LogP contribution < -0.4 is 41.0 Å². The number of fused-ring (bicyclic) bond motifs is 3. The van der Waals surface area contributed by atoms with Gasteiger partial charge in [-0.05, 0) is 95.0 Å². The number of amides is 6. The van der Waals surface area contributed by atoms with Crippen molar-refractivity contribution in [3.05, 3.63) is 107 Å². The van der Waals surface area contributed by atoms with Crippen molar-refractivity contribution in [1.82, 2.24) is 34.2 Å². The number of aromatic nitrogens is 4. The first-order valence-corrected chi connectivity index (χ1v) is 23.5. The lowest BCUT2D eigenvalue weighted by molar-refractivity contribution is -0.116. The van der Waals surface area contributed by atoms with Crippen LogP contribution in [0, 0.1) is 0 Å². The molecule has 71 heavy (non-hydrogen) atoms. The number of anilines is 4. The molecule has 20 nitrogen and oxygen atoms in total. The molecule has 1 fully saturated rings. The van der Waals surface area contributed by atoms with Gasteiger partial charge in [0, 0.05) is 94.9 Å². The van der Waals surface area contributed by atoms with Crippen molar-refractivity contribution in [2.45, 2.75) is 64.5 Å². The number of imidazole rings is 1. The van der Waals surface area contributed by atoms with Crippen molar-refractivity contribution in [2.75, 3.05) is 60.7 Å². The number of carbonyl (C=O) groups excluding carboxylic acids is 6. The Morgan fingerprint density at radius 1 is 0.831 bits per heavy atom. The van der Waals surface area contributed by atoms with Gasteiger partial charge in [0.15, 0.2) is 17.3 Å². The molecule has 6 heterocycles. The summed E-state index contributed by atoms with van der Waals surface area (Å²) >= 11 is 0. The number of aryl methyl sites for hydroxylation is 3. The quantitative estimate of drug-likeness (QED) is 0.0572. The lowest BCUT2D eigenvalue weighted by Gasteiger charge is -2.20. The van der Waals surface area contributed by atoms with Crippen LogP contribution in [0.2, 0.25) is 0 Å². The first kappa shape index (κ1) is 49.4. The SMILES string of the molecule is C=C1C[C@H]2C=Nc3cc(OCCCC(=O)Nc4cn(C)c(C(=O)Nc5cc(C(=O)Nc6cc(C(=O)N7CCc8cc(C(=O)NCCCNC(C)(C)C)ccc87)n(C)c6)n(C)c5)n4)c(OC)cc3C(=O)N2C1. The summed E-state index contributed by atoms with van der Waals surface area (Å²) in [6.07, 6.45) is 9.01. The molecule has 5 aromatic rings. The minimum absolute atomic E-state index is 0.0140. The summed E-state index contributed by atoms with van der Waals surface area (Å²) in [5.41, 5.74) is 5.40. The van der Waals surface area contributed by atoms with Crippen LogP contribution in [0.1, 0.15) is 104 Å². The van der Waals surface area contributed by atoms with E-state index in [4.69, 9.17) is 9.47 Å². The molecule has 8 rings (SSSR count). The monoisotopic (exact) mass is 968 g/mol. The van der Waals surface area contributed by atoms with Crippen LogP contribution in [-0.4, -0.2) is 117 Å². The van der Waals surface area contributed by atoms with Crippen LogP contribution in [0.5, 0.6) is 11.5 Å². The highest BCUT2D eigenvalue weighted by Gasteiger charge is 2.34. The molecule has 372 valence electrons. The zero-order chi connectivity index (χ0) is 50.7. The van der Waals surface area contributed by atoms with Crippen LogP contribution in [0.15, 0.2) is 78.2 Å². The lowest BCUT2D eigenvalue weighted by atomic mass is 10.1. The molecule has 5 N–H and O–H groups in total. The molecule has 1 saturated heterocycles. The molecule has 3 aliphatic heterocycles. The number of nitrogens with zero attached hydrogens (tertiary/aromatic N) is 7. The van der Waals surface area contributed by atoms with E-state index in [1.54, 1.807) is 89.0 Å². The van der Waals surface area contributed by atoms with E-state index in [9.17, 15) is 28.8 Å². The smallest absolute Gasteiger partial charge is 0.291 e. The number of rotatable bonds is 17. The summed E-state index contributed by atoms with van der Waals surface area (Å²) in [6.45, 7) is 12.8. The molecule has 3 aliphatic rings. The number of hydrogen-bond acceptors (Lipinski definition) is 11. The van der Waals surface area contributed by atoms with Crippen LogP contribution in [0.4, 0.5) is 28.6 Å². The molecule has 1 atom stereocenters. The van der Waals surface area contributed by atoms with Gasteiger partial charge in [0.1, 0.15) is 11.4 Å². The van der Waals surface area contributed by atoms with E-state index >= 15 is 0 Å². The van der Waals surface area contributed by atoms with E-state index in [-0.39, 0.29) is 65.6 Å². The van der Waals surface area contributed by atoms with Gasteiger partial charge in [-0.1, -0.05) is 12.2 Å². The first-order chi connectivity index (χ1) is 33.8. The third-order valence-corrected chi connectivity index (χ3v) is 12.4. The zero-order valence-corrected chi connectivity index (χ0v) is 41.1. The molecule has 6 amide bonds. The van der Waals surface area contributed by atoms with Crippen molar-refractivity contribution in [2.24, 2.45) is 26.1 Å². The van der Waals surface area contributed by atoms with Gasteiger partial charge in [-0.2, -0.15) is 0 Å². The number of hydrogen-bond donors (Lipinski definition) is 5. The maximum Gasteiger partial charge on any atom is 0.291 e. The largest absolute Gasteiger partial charge is 0.493 e. The first-order valence-electron chi connectivity index (χ1n) is 23.5. The summed E-state index contributed by atoms with van der Waals surface area (Å²) in [6, 6.07) is 11.7. The minimum atomic E-state index is -0.570. The van der Waals surface area contributed by atoms with Gasteiger partial charge in [-0.25, -0.2) is 4.98 Å². The summed E-state index contributed by atoms with van der Waals surface area (Å²) < 4.78 is 16.2. The highest BCUT2D eigenvalue weighted by atomic mass is 16.5. The van der Waals surface area contributed by atoms with Gasteiger partial charge in [0.05, 0.1) is 42.4 Å². The Labute approximate surface area is 411 Å². The van der Waals surface area contributed by atoms with E-state index < -0.39 is 11.8 Å². The minimum Gasteiger partial charge on any atom is -0.493 e. The predicted molar refractivity (Wildman–Crippen MR) is 270 cm³/mol. The highest BCUT2D eigenvalue weighted by molar-refractivity contribution is 6.10. The summed E-state index contributed by atoms with van der Waals surface area (Å²) in [5, 5.41) is 14.7. The fraction of sp³-hybridized carbons (Fsp3) is 0.373. The van der Waals surface area contributed by atoms with Gasteiger partial charge in [0.2, 0.25) is 11.7 Å². The van der Waals surface area contributed by atoms with Crippen molar-refractivity contribution in [1.29, 1.82) is 0 Å². The molecule has 0 radical (unpaired) electrons. The lowest BCUT2D eigenvalue weighted by Crippen LogP contribution is -2.37. The average Bonchev–Trinajstić information content (AvgIpc) is 4.15. The summed E-state index contributed by atoms with van der Waals surface area (Å²) in [4.78, 5) is 92.1. The second-order valence-corrected chi connectivity index (χ2v) is 19.0. The fourth-order valence-corrected chi connectivity index (χ4v) is 8.80. The molecule has 2 aromatic carbocycles. The Morgan fingerprint density at radius 3 is 2.31 bits per heavy atom. The van der Waals surface area contributed by atoms with Gasteiger partial charge in [-0.15, -0.1) is 0 Å². The van der Waals surface area contributed by atoms with E-state index in [1.807, 2.05) is 6.07 Å². The Morgan fingerprint density at radius 2 is 1.56 bits per heavy atom. The highest BCUT2D eigenvalue weighted by Crippen LogP contribution is 2.39. The van der Waals surface area contributed by atoms with Crippen LogP contribution >= 0.6 is 0 Å². The topological polar surface area (TPSA) is 228 Å². The second kappa shape index (κ2) is 20.5. The Balaban J connectivity index is 0.807. The molecule has 20 heteroatoms. The van der Waals surface area contributed by atoms with Crippen LogP contribution in [0.3, 0.4) is 0 Å². The number of carbonyl (C=O) groups is 6. The normalized spacial score (nSPS) is 14.9. The number of nitrogens with one attached hydrogen (secondary N) is 5. The number of benzene rings is 2. The summed E-state index contributed by atoms with van der Waals surface area (Å²) in [7, 11) is 6.50. The molecule has 0 saturated carbocycles. The third-order valence-electron chi connectivity index (χ3n) is 12.4. The predicted octanol–water partition coefficient (Wildman–Crippen LogP) is 5.61. The molecule has 0 spiro atoms. The number of aliphatic imine (C=N–C) groups is 1. The van der Waals surface area contributed by atoms with Crippen molar-refractivity contribution in [3.63, 3.8) is 0 Å². The molecule has 3 aromatic heterocycles.